The number of carboxylic acid groups (broad SMARTS) is 1. The van der Waals surface area contributed by atoms with Crippen LogP contribution in [0, 0.1) is 0 Å². The maximum Gasteiger partial charge on any atom is 0.315 e. The number of aliphatic carboxylic acids is 1. The van der Waals surface area contributed by atoms with Gasteiger partial charge in [-0.3, -0.25) is 9.78 Å². The van der Waals surface area contributed by atoms with Gasteiger partial charge in [-0.1, -0.05) is 0 Å². The number of carbonyl (C=O) groups excluding carboxylic acids is 1. The van der Waals surface area contributed by atoms with Crippen molar-refractivity contribution in [3.8, 4) is 0 Å². The smallest absolute Gasteiger partial charge is 0.315 e. The summed E-state index contributed by atoms with van der Waals surface area (Å²) in [4.78, 5) is 25.9. The SMILES string of the molecule is COC(CNC(=O)NCc1ccncc1)CC(=O)O. The van der Waals surface area contributed by atoms with E-state index < -0.39 is 12.1 Å². The molecule has 0 saturated heterocycles. The van der Waals surface area contributed by atoms with Gasteiger partial charge in [0.2, 0.25) is 0 Å². The molecule has 3 N–H and O–H groups in total. The Hall–Kier alpha value is -2.15. The summed E-state index contributed by atoms with van der Waals surface area (Å²) < 4.78 is 4.94. The molecule has 0 spiro atoms. The Morgan fingerprint density at radius 2 is 2.05 bits per heavy atom. The average molecular weight is 267 g/mol. The van der Waals surface area contributed by atoms with Gasteiger partial charge in [-0.25, -0.2) is 4.79 Å². The summed E-state index contributed by atoms with van der Waals surface area (Å²) >= 11 is 0. The summed E-state index contributed by atoms with van der Waals surface area (Å²) in [5, 5.41) is 13.8. The number of nitrogens with one attached hydrogen (secondary N) is 2. The summed E-state index contributed by atoms with van der Waals surface area (Å²) in [7, 11) is 1.41. The molecule has 19 heavy (non-hydrogen) atoms. The van der Waals surface area contributed by atoms with Crippen LogP contribution >= 0.6 is 0 Å². The Morgan fingerprint density at radius 3 is 2.63 bits per heavy atom. The highest BCUT2D eigenvalue weighted by atomic mass is 16.5. The van der Waals surface area contributed by atoms with E-state index in [9.17, 15) is 9.59 Å². The Morgan fingerprint density at radius 1 is 1.37 bits per heavy atom. The van der Waals surface area contributed by atoms with Gasteiger partial charge in [0, 0.05) is 32.6 Å². The predicted molar refractivity (Wildman–Crippen MR) is 67.5 cm³/mol. The molecule has 0 radical (unpaired) electrons. The van der Waals surface area contributed by atoms with Gasteiger partial charge in [0.15, 0.2) is 0 Å². The number of carboxylic acids is 1. The fourth-order valence-electron chi connectivity index (χ4n) is 1.39. The standard InChI is InChI=1S/C12H17N3O4/c1-19-10(6-11(16)17)8-15-12(18)14-7-9-2-4-13-5-3-9/h2-5,10H,6-8H2,1H3,(H,16,17)(H2,14,15,18). The molecule has 2 amide bonds. The molecule has 0 fully saturated rings. The number of ether oxygens (including phenoxy) is 1. The number of amides is 2. The molecule has 7 heteroatoms. The van der Waals surface area contributed by atoms with Gasteiger partial charge in [-0.05, 0) is 17.7 Å². The van der Waals surface area contributed by atoms with Gasteiger partial charge in [-0.2, -0.15) is 0 Å². The maximum atomic E-state index is 11.5. The second-order valence-corrected chi connectivity index (χ2v) is 3.87. The highest BCUT2D eigenvalue weighted by Crippen LogP contribution is 1.96. The Kier molecular flexibility index (Phi) is 6.31. The summed E-state index contributed by atoms with van der Waals surface area (Å²) in [6, 6.07) is 3.22. The summed E-state index contributed by atoms with van der Waals surface area (Å²) in [5.41, 5.74) is 0.930. The molecule has 0 aliphatic rings. The van der Waals surface area contributed by atoms with Crippen LogP contribution in [0.1, 0.15) is 12.0 Å². The monoisotopic (exact) mass is 267 g/mol. The first-order valence-corrected chi connectivity index (χ1v) is 5.77. The van der Waals surface area contributed by atoms with Gasteiger partial charge >= 0.3 is 12.0 Å². The van der Waals surface area contributed by atoms with Gasteiger partial charge in [0.1, 0.15) is 0 Å². The number of urea groups is 1. The van der Waals surface area contributed by atoms with Crippen molar-refractivity contribution in [2.75, 3.05) is 13.7 Å². The van der Waals surface area contributed by atoms with Crippen molar-refractivity contribution in [1.29, 1.82) is 0 Å². The van der Waals surface area contributed by atoms with Crippen molar-refractivity contribution >= 4 is 12.0 Å². The highest BCUT2D eigenvalue weighted by molar-refractivity contribution is 5.74. The van der Waals surface area contributed by atoms with Crippen LogP contribution in [0.2, 0.25) is 0 Å². The van der Waals surface area contributed by atoms with Crippen LogP contribution in [0.3, 0.4) is 0 Å². The number of pyridine rings is 1. The quantitative estimate of drug-likeness (QED) is 0.662. The minimum Gasteiger partial charge on any atom is -0.481 e. The lowest BCUT2D eigenvalue weighted by Crippen LogP contribution is -2.40. The Bertz CT molecular complexity index is 411. The lowest BCUT2D eigenvalue weighted by atomic mass is 10.2. The third kappa shape index (κ3) is 6.37. The molecular formula is C12H17N3O4. The van der Waals surface area contributed by atoms with E-state index in [2.05, 4.69) is 15.6 Å². The van der Waals surface area contributed by atoms with Crippen LogP contribution < -0.4 is 10.6 Å². The van der Waals surface area contributed by atoms with Crippen LogP contribution in [-0.4, -0.2) is 41.8 Å². The van der Waals surface area contributed by atoms with E-state index in [1.54, 1.807) is 24.5 Å². The fraction of sp³-hybridized carbons (Fsp3) is 0.417. The zero-order valence-electron chi connectivity index (χ0n) is 10.6. The first-order valence-electron chi connectivity index (χ1n) is 5.77. The van der Waals surface area contributed by atoms with E-state index in [0.717, 1.165) is 5.56 Å². The van der Waals surface area contributed by atoms with E-state index in [0.29, 0.717) is 6.54 Å². The number of hydrogen-bond acceptors (Lipinski definition) is 4. The second kappa shape index (κ2) is 8.04. The van der Waals surface area contributed by atoms with Crippen LogP contribution in [-0.2, 0) is 16.1 Å². The van der Waals surface area contributed by atoms with Crippen LogP contribution in [0.4, 0.5) is 4.79 Å². The number of nitrogens with zero attached hydrogens (tertiary/aromatic N) is 1. The Balaban J connectivity index is 2.25. The van der Waals surface area contributed by atoms with Crippen molar-refractivity contribution in [2.24, 2.45) is 0 Å². The number of rotatable bonds is 7. The molecule has 7 nitrogen and oxygen atoms in total. The molecular weight excluding hydrogens is 250 g/mol. The molecule has 0 bridgehead atoms. The molecule has 0 aliphatic heterocycles. The van der Waals surface area contributed by atoms with E-state index in [4.69, 9.17) is 9.84 Å². The average Bonchev–Trinajstić information content (AvgIpc) is 2.42. The van der Waals surface area contributed by atoms with Crippen LogP contribution in [0.15, 0.2) is 24.5 Å². The number of methoxy groups -OCH3 is 1. The number of aromatic nitrogens is 1. The van der Waals surface area contributed by atoms with E-state index >= 15 is 0 Å². The fourth-order valence-corrected chi connectivity index (χ4v) is 1.39. The lowest BCUT2D eigenvalue weighted by molar-refractivity contribution is -0.139. The predicted octanol–water partition coefficient (Wildman–Crippen LogP) is 0.370. The van der Waals surface area contributed by atoms with Crippen molar-refractivity contribution in [3.63, 3.8) is 0 Å². The van der Waals surface area contributed by atoms with Gasteiger partial charge < -0.3 is 20.5 Å². The minimum atomic E-state index is -0.967. The van der Waals surface area contributed by atoms with Crippen molar-refractivity contribution in [2.45, 2.75) is 19.1 Å². The van der Waals surface area contributed by atoms with Crippen molar-refractivity contribution in [3.05, 3.63) is 30.1 Å². The molecule has 1 rings (SSSR count). The molecule has 0 aliphatic carbocycles. The number of hydrogen-bond donors (Lipinski definition) is 3. The van der Waals surface area contributed by atoms with Gasteiger partial charge in [0.25, 0.3) is 0 Å². The van der Waals surface area contributed by atoms with E-state index in [1.165, 1.54) is 7.11 Å². The maximum absolute atomic E-state index is 11.5. The Labute approximate surface area is 111 Å². The van der Waals surface area contributed by atoms with Gasteiger partial charge in [0.05, 0.1) is 12.5 Å². The first kappa shape index (κ1) is 14.9. The molecule has 1 atom stereocenters. The minimum absolute atomic E-state index is 0.144. The van der Waals surface area contributed by atoms with Crippen molar-refractivity contribution in [1.82, 2.24) is 15.6 Å². The van der Waals surface area contributed by atoms with E-state index in [-0.39, 0.29) is 19.0 Å². The summed E-state index contributed by atoms with van der Waals surface area (Å²) in [5.74, 6) is -0.967. The zero-order chi connectivity index (χ0) is 14.1. The molecule has 1 aromatic heterocycles. The van der Waals surface area contributed by atoms with E-state index in [1.807, 2.05) is 0 Å². The van der Waals surface area contributed by atoms with Gasteiger partial charge in [-0.15, -0.1) is 0 Å². The zero-order valence-corrected chi connectivity index (χ0v) is 10.6. The lowest BCUT2D eigenvalue weighted by Gasteiger charge is -2.14. The molecule has 1 unspecified atom stereocenters. The second-order valence-electron chi connectivity index (χ2n) is 3.87. The number of carbonyl (C=O) groups is 2. The summed E-state index contributed by atoms with van der Waals surface area (Å²) in [6.45, 7) is 0.524. The topological polar surface area (TPSA) is 101 Å². The molecule has 1 heterocycles. The van der Waals surface area contributed by atoms with Crippen LogP contribution in [0.25, 0.3) is 0 Å². The van der Waals surface area contributed by atoms with Crippen LogP contribution in [0.5, 0.6) is 0 Å². The molecule has 1 aromatic rings. The molecule has 0 aromatic carbocycles. The normalized spacial score (nSPS) is 11.6. The highest BCUT2D eigenvalue weighted by Gasteiger charge is 2.13. The van der Waals surface area contributed by atoms with Crippen molar-refractivity contribution < 1.29 is 19.4 Å². The third-order valence-electron chi connectivity index (χ3n) is 2.43. The largest absolute Gasteiger partial charge is 0.481 e. The third-order valence-corrected chi connectivity index (χ3v) is 2.43. The first-order chi connectivity index (χ1) is 9.11. The molecule has 104 valence electrons. The summed E-state index contributed by atoms with van der Waals surface area (Å²) in [6.07, 6.45) is 2.59. The molecule has 0 saturated carbocycles.